The Labute approximate surface area is 169 Å². The number of hydrogen-bond donors (Lipinski definition) is 2. The Balaban J connectivity index is 1.59. The van der Waals surface area contributed by atoms with Crippen molar-refractivity contribution in [2.75, 3.05) is 0 Å². The van der Waals surface area contributed by atoms with Gasteiger partial charge in [0, 0.05) is 29.4 Å². The number of pyridine rings is 1. The number of halogens is 1. The topological polar surface area (TPSA) is 110 Å². The number of carbonyl (C=O) groups excluding carboxylic acids is 2. The van der Waals surface area contributed by atoms with E-state index in [9.17, 15) is 9.59 Å². The fourth-order valence-electron chi connectivity index (χ4n) is 2.57. The van der Waals surface area contributed by atoms with Gasteiger partial charge in [0.15, 0.2) is 0 Å². The van der Waals surface area contributed by atoms with Gasteiger partial charge in [-0.05, 0) is 29.8 Å². The Morgan fingerprint density at radius 1 is 1.14 bits per heavy atom. The van der Waals surface area contributed by atoms with Crippen LogP contribution < -0.4 is 10.6 Å². The second-order valence-electron chi connectivity index (χ2n) is 6.03. The van der Waals surface area contributed by atoms with Crippen LogP contribution in [0, 0.1) is 0 Å². The molecule has 9 heteroatoms. The van der Waals surface area contributed by atoms with Crippen molar-refractivity contribution in [1.29, 1.82) is 0 Å². The lowest BCUT2D eigenvalue weighted by atomic mass is 10.0. The maximum absolute atomic E-state index is 12.4. The number of aromatic nitrogens is 3. The average Bonchev–Trinajstić information content (AvgIpc) is 3.16. The monoisotopic (exact) mass is 443 g/mol. The molecule has 0 aliphatic carbocycles. The summed E-state index contributed by atoms with van der Waals surface area (Å²) in [6.45, 7) is 1.52. The molecule has 1 aromatic carbocycles. The van der Waals surface area contributed by atoms with E-state index < -0.39 is 6.04 Å². The van der Waals surface area contributed by atoms with Crippen molar-refractivity contribution in [2.45, 2.75) is 25.9 Å². The number of nitrogens with one attached hydrogen (secondary N) is 2. The molecular weight excluding hydrogens is 426 g/mol. The van der Waals surface area contributed by atoms with E-state index in [1.807, 2.05) is 24.3 Å². The standard InChI is InChI=1S/C19H18BrN5O3/c1-12(26)23-16(13-2-4-15(20)5-3-13)10-17(27)22-11-18-24-19(25-28-18)14-6-8-21-9-7-14/h2-9,16H,10-11H2,1H3,(H,22,27)(H,23,26). The first kappa shape index (κ1) is 19.7. The van der Waals surface area contributed by atoms with Crippen molar-refractivity contribution in [3.05, 3.63) is 64.7 Å². The summed E-state index contributed by atoms with van der Waals surface area (Å²) < 4.78 is 6.09. The van der Waals surface area contributed by atoms with Gasteiger partial charge >= 0.3 is 0 Å². The molecule has 0 spiro atoms. The summed E-state index contributed by atoms with van der Waals surface area (Å²) in [6, 6.07) is 10.5. The lowest BCUT2D eigenvalue weighted by Crippen LogP contribution is -2.32. The molecule has 1 unspecified atom stereocenters. The van der Waals surface area contributed by atoms with Crippen molar-refractivity contribution in [2.24, 2.45) is 0 Å². The number of carbonyl (C=O) groups is 2. The van der Waals surface area contributed by atoms with Crippen LogP contribution in [0.4, 0.5) is 0 Å². The quantitative estimate of drug-likeness (QED) is 0.580. The highest BCUT2D eigenvalue weighted by Gasteiger charge is 2.18. The maximum Gasteiger partial charge on any atom is 0.246 e. The summed E-state index contributed by atoms with van der Waals surface area (Å²) in [7, 11) is 0. The first-order valence-corrected chi connectivity index (χ1v) is 9.33. The molecule has 2 heterocycles. The summed E-state index contributed by atoms with van der Waals surface area (Å²) >= 11 is 3.37. The van der Waals surface area contributed by atoms with Crippen molar-refractivity contribution in [3.63, 3.8) is 0 Å². The molecule has 0 aliphatic rings. The van der Waals surface area contributed by atoms with Gasteiger partial charge in [0.25, 0.3) is 0 Å². The maximum atomic E-state index is 12.4. The summed E-state index contributed by atoms with van der Waals surface area (Å²) in [5, 5.41) is 9.43. The first-order chi connectivity index (χ1) is 13.5. The fraction of sp³-hybridized carbons (Fsp3) is 0.211. The highest BCUT2D eigenvalue weighted by Crippen LogP contribution is 2.20. The van der Waals surface area contributed by atoms with Gasteiger partial charge in [0.1, 0.15) is 0 Å². The van der Waals surface area contributed by atoms with Gasteiger partial charge in [0.2, 0.25) is 23.5 Å². The number of amides is 2. The third-order valence-corrected chi connectivity index (χ3v) is 4.41. The van der Waals surface area contributed by atoms with Crippen LogP contribution in [-0.2, 0) is 16.1 Å². The Morgan fingerprint density at radius 2 is 1.86 bits per heavy atom. The molecule has 0 bridgehead atoms. The van der Waals surface area contributed by atoms with Crippen molar-refractivity contribution in [3.8, 4) is 11.4 Å². The van der Waals surface area contributed by atoms with Crippen LogP contribution in [0.25, 0.3) is 11.4 Å². The van der Waals surface area contributed by atoms with Crippen LogP contribution >= 0.6 is 15.9 Å². The number of benzene rings is 1. The van der Waals surface area contributed by atoms with Crippen molar-refractivity contribution >= 4 is 27.7 Å². The van der Waals surface area contributed by atoms with Crippen LogP contribution in [0.5, 0.6) is 0 Å². The van der Waals surface area contributed by atoms with Gasteiger partial charge in [0.05, 0.1) is 19.0 Å². The molecule has 0 radical (unpaired) electrons. The molecule has 1 atom stereocenters. The van der Waals surface area contributed by atoms with Gasteiger partial charge in [-0.15, -0.1) is 0 Å². The van der Waals surface area contributed by atoms with E-state index >= 15 is 0 Å². The molecule has 0 aliphatic heterocycles. The smallest absolute Gasteiger partial charge is 0.246 e. The summed E-state index contributed by atoms with van der Waals surface area (Å²) in [6.07, 6.45) is 3.36. The zero-order valence-corrected chi connectivity index (χ0v) is 16.6. The third kappa shape index (κ3) is 5.46. The number of nitrogens with zero attached hydrogens (tertiary/aromatic N) is 3. The van der Waals surface area contributed by atoms with E-state index in [2.05, 4.69) is 41.7 Å². The zero-order valence-electron chi connectivity index (χ0n) is 15.1. The predicted molar refractivity (Wildman–Crippen MR) is 105 cm³/mol. The minimum absolute atomic E-state index is 0.0898. The van der Waals surface area contributed by atoms with Gasteiger partial charge < -0.3 is 15.2 Å². The molecule has 28 heavy (non-hydrogen) atoms. The third-order valence-electron chi connectivity index (χ3n) is 3.88. The predicted octanol–water partition coefficient (Wildman–Crippen LogP) is 2.78. The fourth-order valence-corrected chi connectivity index (χ4v) is 2.83. The minimum atomic E-state index is -0.430. The van der Waals surface area contributed by atoms with Crippen molar-refractivity contribution in [1.82, 2.24) is 25.8 Å². The SMILES string of the molecule is CC(=O)NC(CC(=O)NCc1nc(-c2ccncc2)no1)c1ccc(Br)cc1. The van der Waals surface area contributed by atoms with E-state index in [0.717, 1.165) is 15.6 Å². The molecule has 2 N–H and O–H groups in total. The van der Waals surface area contributed by atoms with Crippen LogP contribution in [0.1, 0.15) is 30.8 Å². The lowest BCUT2D eigenvalue weighted by Gasteiger charge is -2.18. The first-order valence-electron chi connectivity index (χ1n) is 8.53. The highest BCUT2D eigenvalue weighted by molar-refractivity contribution is 9.10. The molecule has 8 nitrogen and oxygen atoms in total. The minimum Gasteiger partial charge on any atom is -0.349 e. The molecule has 0 saturated heterocycles. The largest absolute Gasteiger partial charge is 0.349 e. The lowest BCUT2D eigenvalue weighted by molar-refractivity contribution is -0.123. The van der Waals surface area contributed by atoms with E-state index in [4.69, 9.17) is 4.52 Å². The molecule has 2 aromatic heterocycles. The molecule has 0 fully saturated rings. The Hall–Kier alpha value is -3.07. The van der Waals surface area contributed by atoms with E-state index in [-0.39, 0.29) is 24.8 Å². The van der Waals surface area contributed by atoms with Crippen LogP contribution in [0.15, 0.2) is 57.8 Å². The molecule has 3 rings (SSSR count). The Kier molecular flexibility index (Phi) is 6.49. The molecule has 144 valence electrons. The Bertz CT molecular complexity index is 944. The van der Waals surface area contributed by atoms with Crippen molar-refractivity contribution < 1.29 is 14.1 Å². The number of hydrogen-bond acceptors (Lipinski definition) is 6. The van der Waals surface area contributed by atoms with Gasteiger partial charge in [-0.2, -0.15) is 4.98 Å². The van der Waals surface area contributed by atoms with Crippen LogP contribution in [0.3, 0.4) is 0 Å². The second-order valence-corrected chi connectivity index (χ2v) is 6.95. The second kappa shape index (κ2) is 9.23. The number of rotatable bonds is 7. The molecule has 2 amide bonds. The van der Waals surface area contributed by atoms with Crippen LogP contribution in [0.2, 0.25) is 0 Å². The zero-order chi connectivity index (χ0) is 19.9. The molecular formula is C19H18BrN5O3. The Morgan fingerprint density at radius 3 is 2.54 bits per heavy atom. The van der Waals surface area contributed by atoms with Gasteiger partial charge in [-0.25, -0.2) is 0 Å². The highest BCUT2D eigenvalue weighted by atomic mass is 79.9. The average molecular weight is 444 g/mol. The van der Waals surface area contributed by atoms with E-state index in [1.54, 1.807) is 24.5 Å². The molecule has 3 aromatic rings. The van der Waals surface area contributed by atoms with E-state index in [0.29, 0.717) is 11.7 Å². The van der Waals surface area contributed by atoms with Crippen LogP contribution in [-0.4, -0.2) is 26.9 Å². The summed E-state index contributed by atoms with van der Waals surface area (Å²) in [4.78, 5) is 32.1. The summed E-state index contributed by atoms with van der Waals surface area (Å²) in [5.41, 5.74) is 1.61. The van der Waals surface area contributed by atoms with E-state index in [1.165, 1.54) is 6.92 Å². The van der Waals surface area contributed by atoms with Gasteiger partial charge in [-0.3, -0.25) is 14.6 Å². The molecule has 0 saturated carbocycles. The summed E-state index contributed by atoms with van der Waals surface area (Å²) in [5.74, 6) is 0.266. The normalized spacial score (nSPS) is 11.6. The van der Waals surface area contributed by atoms with Gasteiger partial charge in [-0.1, -0.05) is 33.2 Å².